The summed E-state index contributed by atoms with van der Waals surface area (Å²) in [5.74, 6) is 0.493. The molecule has 12 heteroatoms. The molecule has 1 atom stereocenters. The van der Waals surface area contributed by atoms with Gasteiger partial charge in [0.1, 0.15) is 11.5 Å². The molecule has 0 aliphatic carbocycles. The molecule has 3 N–H and O–H groups in total. The Kier molecular flexibility index (Phi) is 4.83. The molecule has 3 aliphatic heterocycles. The van der Waals surface area contributed by atoms with E-state index in [0.29, 0.717) is 48.2 Å². The van der Waals surface area contributed by atoms with Crippen molar-refractivity contribution in [3.05, 3.63) is 65.1 Å². The smallest absolute Gasteiger partial charge is 0.438 e. The molecule has 0 unspecified atom stereocenters. The van der Waals surface area contributed by atoms with Crippen LogP contribution in [0.2, 0.25) is 0 Å². The number of nitrogens with one attached hydrogen (secondary N) is 1. The van der Waals surface area contributed by atoms with Gasteiger partial charge in [-0.1, -0.05) is 6.08 Å². The van der Waals surface area contributed by atoms with E-state index in [1.165, 1.54) is 12.1 Å². The second-order valence-electron chi connectivity index (χ2n) is 7.80. The highest BCUT2D eigenvalue weighted by Gasteiger charge is 2.49. The number of benzene rings is 1. The van der Waals surface area contributed by atoms with Gasteiger partial charge in [0.15, 0.2) is 0 Å². The van der Waals surface area contributed by atoms with Gasteiger partial charge in [0.2, 0.25) is 5.88 Å². The van der Waals surface area contributed by atoms with Crippen LogP contribution in [0.1, 0.15) is 23.1 Å². The number of rotatable bonds is 3. The van der Waals surface area contributed by atoms with E-state index in [1.54, 1.807) is 12.3 Å². The Hall–Kier alpha value is -3.25. The fourth-order valence-electron chi connectivity index (χ4n) is 4.19. The van der Waals surface area contributed by atoms with Crippen LogP contribution in [0.3, 0.4) is 0 Å². The number of halogens is 3. The number of aromatic nitrogens is 1. The molecular formula is C21H18F3N3O5S. The summed E-state index contributed by atoms with van der Waals surface area (Å²) >= 11 is 0. The van der Waals surface area contributed by atoms with Crippen molar-refractivity contribution in [3.8, 4) is 17.4 Å². The average Bonchev–Trinajstić information content (AvgIpc) is 3.16. The van der Waals surface area contributed by atoms with Crippen LogP contribution in [0.15, 0.2) is 48.4 Å². The Bertz CT molecular complexity index is 1310. The van der Waals surface area contributed by atoms with Crippen LogP contribution in [-0.4, -0.2) is 38.7 Å². The van der Waals surface area contributed by atoms with Crippen LogP contribution in [0.25, 0.3) is 5.57 Å². The van der Waals surface area contributed by atoms with Crippen molar-refractivity contribution in [1.82, 2.24) is 10.3 Å². The lowest BCUT2D eigenvalue weighted by atomic mass is 9.73. The Balaban J connectivity index is 1.63. The second-order valence-corrected chi connectivity index (χ2v) is 9.34. The van der Waals surface area contributed by atoms with Gasteiger partial charge in [-0.3, -0.25) is 0 Å². The molecule has 3 aliphatic rings. The number of alkyl halides is 3. The van der Waals surface area contributed by atoms with E-state index in [4.69, 9.17) is 15.2 Å². The van der Waals surface area contributed by atoms with Gasteiger partial charge >= 0.3 is 15.6 Å². The topological polar surface area (TPSA) is 113 Å². The highest BCUT2D eigenvalue weighted by molar-refractivity contribution is 7.88. The number of hydrogen-bond acceptors (Lipinski definition) is 8. The van der Waals surface area contributed by atoms with E-state index in [2.05, 4.69) is 14.5 Å². The molecule has 0 amide bonds. The van der Waals surface area contributed by atoms with Crippen molar-refractivity contribution in [1.29, 1.82) is 0 Å². The molecule has 1 spiro atoms. The number of nitrogens with zero attached hydrogens (tertiary/aromatic N) is 1. The maximum absolute atomic E-state index is 12.8. The first-order chi connectivity index (χ1) is 15.6. The van der Waals surface area contributed by atoms with Gasteiger partial charge in [-0.05, 0) is 47.9 Å². The highest BCUT2D eigenvalue weighted by Crippen LogP contribution is 2.51. The third kappa shape index (κ3) is 3.59. The first kappa shape index (κ1) is 21.6. The zero-order valence-electron chi connectivity index (χ0n) is 17.0. The Morgan fingerprint density at radius 1 is 1.21 bits per heavy atom. The second kappa shape index (κ2) is 7.39. The Labute approximate surface area is 187 Å². The number of ether oxygens (including phenoxy) is 2. The van der Waals surface area contributed by atoms with Crippen molar-refractivity contribution in [2.45, 2.75) is 17.3 Å². The van der Waals surface area contributed by atoms with Crippen LogP contribution in [-0.2, 0) is 20.3 Å². The third-order valence-electron chi connectivity index (χ3n) is 5.77. The fourth-order valence-corrected chi connectivity index (χ4v) is 4.65. The number of fused-ring (bicyclic) bond motifs is 4. The predicted octanol–water partition coefficient (Wildman–Crippen LogP) is 2.91. The van der Waals surface area contributed by atoms with Crippen molar-refractivity contribution in [3.63, 3.8) is 0 Å². The highest BCUT2D eigenvalue weighted by atomic mass is 32.2. The van der Waals surface area contributed by atoms with E-state index < -0.39 is 26.8 Å². The average molecular weight is 481 g/mol. The molecule has 33 heavy (non-hydrogen) atoms. The number of hydrogen-bond donors (Lipinski definition) is 2. The van der Waals surface area contributed by atoms with E-state index >= 15 is 0 Å². The molecule has 0 saturated carbocycles. The maximum Gasteiger partial charge on any atom is 0.534 e. The lowest BCUT2D eigenvalue weighted by Crippen LogP contribution is -2.35. The lowest BCUT2D eigenvalue weighted by Gasteiger charge is -2.35. The van der Waals surface area contributed by atoms with Crippen LogP contribution < -0.4 is 20.0 Å². The summed E-state index contributed by atoms with van der Waals surface area (Å²) in [5, 5.41) is 3.03. The minimum absolute atomic E-state index is 0.269. The summed E-state index contributed by atoms with van der Waals surface area (Å²) in [6, 6.07) is 5.57. The Morgan fingerprint density at radius 3 is 2.70 bits per heavy atom. The Morgan fingerprint density at radius 2 is 2.03 bits per heavy atom. The zero-order chi connectivity index (χ0) is 23.4. The van der Waals surface area contributed by atoms with Crippen molar-refractivity contribution in [2.24, 2.45) is 5.73 Å². The molecule has 0 radical (unpaired) electrons. The maximum atomic E-state index is 12.8. The molecule has 0 bridgehead atoms. The van der Waals surface area contributed by atoms with Gasteiger partial charge in [0.05, 0.1) is 24.4 Å². The van der Waals surface area contributed by atoms with Crippen molar-refractivity contribution < 1.29 is 35.2 Å². The minimum atomic E-state index is -5.83. The molecule has 1 aromatic heterocycles. The standard InChI is InChI=1S/C21H18F3N3O5S/c22-21(23,24)33(28,29)32-14-1-2-17-15(8-14)20(9-18(25)27-11-20)16-7-13(10-26-19(16)31-17)12-3-5-30-6-4-12/h1-3,7-10,27H,4-6,11,25H2/t20-/m0/s1. The molecule has 2 aromatic rings. The van der Waals surface area contributed by atoms with Crippen LogP contribution >= 0.6 is 0 Å². The first-order valence-electron chi connectivity index (χ1n) is 9.92. The van der Waals surface area contributed by atoms with Gasteiger partial charge in [0.25, 0.3) is 0 Å². The molecule has 0 fully saturated rings. The van der Waals surface area contributed by atoms with E-state index in [1.807, 2.05) is 12.1 Å². The molecule has 4 heterocycles. The first-order valence-corrected chi connectivity index (χ1v) is 11.3. The van der Waals surface area contributed by atoms with E-state index in [-0.39, 0.29) is 6.54 Å². The predicted molar refractivity (Wildman–Crippen MR) is 111 cm³/mol. The van der Waals surface area contributed by atoms with Crippen molar-refractivity contribution >= 4 is 15.7 Å². The third-order valence-corrected chi connectivity index (χ3v) is 6.75. The number of nitrogens with two attached hydrogens (primary N) is 1. The normalized spacial score (nSPS) is 21.9. The SMILES string of the molecule is NC1=C[C@]2(CN1)c1cc(OS(=O)(=O)C(F)(F)F)ccc1Oc1ncc(C3=CCOCC3)cc12. The van der Waals surface area contributed by atoms with Gasteiger partial charge in [-0.25, -0.2) is 4.98 Å². The van der Waals surface area contributed by atoms with E-state index in [0.717, 1.165) is 17.2 Å². The molecule has 0 saturated heterocycles. The van der Waals surface area contributed by atoms with Crippen LogP contribution in [0, 0.1) is 0 Å². The zero-order valence-corrected chi connectivity index (χ0v) is 17.8. The van der Waals surface area contributed by atoms with Gasteiger partial charge in [-0.2, -0.15) is 21.6 Å². The van der Waals surface area contributed by atoms with Crippen molar-refractivity contribution in [2.75, 3.05) is 19.8 Å². The summed E-state index contributed by atoms with van der Waals surface area (Å²) in [5.41, 5.74) is 2.45. The molecule has 8 nitrogen and oxygen atoms in total. The summed E-state index contributed by atoms with van der Waals surface area (Å²) in [4.78, 5) is 4.47. The molecular weight excluding hydrogens is 463 g/mol. The van der Waals surface area contributed by atoms with Gasteiger partial charge in [-0.15, -0.1) is 0 Å². The minimum Gasteiger partial charge on any atom is -0.438 e. The summed E-state index contributed by atoms with van der Waals surface area (Å²) < 4.78 is 77.2. The summed E-state index contributed by atoms with van der Waals surface area (Å²) in [6.45, 7) is 1.33. The van der Waals surface area contributed by atoms with Crippen LogP contribution in [0.5, 0.6) is 17.4 Å². The van der Waals surface area contributed by atoms with Gasteiger partial charge < -0.3 is 24.7 Å². The van der Waals surface area contributed by atoms with Crippen LogP contribution in [0.4, 0.5) is 13.2 Å². The lowest BCUT2D eigenvalue weighted by molar-refractivity contribution is -0.0500. The van der Waals surface area contributed by atoms with E-state index in [9.17, 15) is 21.6 Å². The summed E-state index contributed by atoms with van der Waals surface area (Å²) in [6.07, 6.45) is 6.08. The quantitative estimate of drug-likeness (QED) is 0.508. The molecule has 174 valence electrons. The number of pyridine rings is 1. The monoisotopic (exact) mass is 481 g/mol. The summed E-state index contributed by atoms with van der Waals surface area (Å²) in [7, 11) is -5.83. The molecule has 1 aromatic carbocycles. The molecule has 5 rings (SSSR count). The van der Waals surface area contributed by atoms with Gasteiger partial charge in [0, 0.05) is 23.9 Å². The largest absolute Gasteiger partial charge is 0.534 e. The fraction of sp³-hybridized carbons (Fsp3) is 0.286.